The summed E-state index contributed by atoms with van der Waals surface area (Å²) in [4.78, 5) is 222. The molecule has 670 valence electrons. The first-order valence-electron chi connectivity index (χ1n) is 38.0. The highest BCUT2D eigenvalue weighted by Crippen LogP contribution is 2.29. The molecule has 2 aromatic rings. The number of rotatable bonds is 51. The first-order valence-corrected chi connectivity index (χ1v) is 38.0. The third kappa shape index (κ3) is 39.3. The molecular formula is C71H115F3N26O20. The number of hydrogen-bond acceptors (Lipinski definition) is 24. The minimum absolute atomic E-state index is 0.0134. The number of aliphatic imine (C=N–C) groups is 3. The van der Waals surface area contributed by atoms with Crippen molar-refractivity contribution in [2.45, 2.75) is 206 Å². The predicted molar refractivity (Wildman–Crippen MR) is 432 cm³/mol. The number of nitrogen functional groups attached to an aromatic ring is 1. The van der Waals surface area contributed by atoms with Gasteiger partial charge in [-0.2, -0.15) is 13.2 Å². The van der Waals surface area contributed by atoms with Crippen molar-refractivity contribution in [3.8, 4) is 0 Å². The Kier molecular flexibility index (Phi) is 46.0. The van der Waals surface area contributed by atoms with E-state index in [1.165, 1.54) is 32.9 Å². The van der Waals surface area contributed by atoms with Crippen molar-refractivity contribution in [1.29, 1.82) is 0 Å². The highest BCUT2D eigenvalue weighted by atomic mass is 19.4. The summed E-state index contributed by atoms with van der Waals surface area (Å²) < 4.78 is 31.7. The molecule has 2 aromatic carbocycles. The molecule has 0 saturated carbocycles. The zero-order valence-corrected chi connectivity index (χ0v) is 68.2. The summed E-state index contributed by atoms with van der Waals surface area (Å²) in [6.45, 7) is 14.0. The Balaban J connectivity index is 0.00000980. The van der Waals surface area contributed by atoms with E-state index >= 15 is 0 Å². The van der Waals surface area contributed by atoms with Gasteiger partial charge in [-0.05, 0) is 114 Å². The largest absolute Gasteiger partial charge is 0.490 e. The van der Waals surface area contributed by atoms with Crippen molar-refractivity contribution in [3.63, 3.8) is 0 Å². The van der Waals surface area contributed by atoms with Gasteiger partial charge in [0.2, 0.25) is 70.9 Å². The molecule has 0 fully saturated rings. The molecule has 0 unspecified atom stereocenters. The molecule has 31 N–H and O–H groups in total. The maximum absolute atomic E-state index is 14.8. The molecule has 49 heteroatoms. The average molecular weight is 1710 g/mol. The van der Waals surface area contributed by atoms with Crippen LogP contribution in [0.4, 0.5) is 35.9 Å². The third-order valence-electron chi connectivity index (χ3n) is 17.7. The molecule has 46 nitrogen and oxygen atoms in total. The highest BCUT2D eigenvalue weighted by molar-refractivity contribution is 6.02. The number of unbranched alkanes of at least 4 members (excludes halogenated alkanes) is 1. The Morgan fingerprint density at radius 1 is 0.475 bits per heavy atom. The number of carbonyl (C=O) groups is 14. The number of aliphatic carboxylic acids is 1. The number of aliphatic hydroxyl groups is 1. The summed E-state index contributed by atoms with van der Waals surface area (Å²) in [5, 5.41) is 74.7. The molecule has 0 bridgehead atoms. The number of amides is 13. The van der Waals surface area contributed by atoms with Gasteiger partial charge in [0, 0.05) is 37.9 Å². The SMILES string of the molecule is CC[C@H](C)[C@H](NC(=O)[C@@H](NC(=O)[C@@H](NC(=O)CNC(=O)CNC(=O)c1ccccc1N)C(C)C)C(C)C)C(=O)N[C@@H](C)C(=O)N[C@H](C(=O)N[C@H](C(=O)N[C@@H](CCCCNc1ccc([N+](=O)[O-])cc1[N+](=O)[O-])C(=O)N[C@H](CCCN=C(N)N)C(=O)N[C@H](CCCN=C(N)N)C(=O)N[C@H](CCCN=C(N)N)C(N)=O)C(C)C)[C@@H](C)O.O=C(O)C(F)(F)F. The Morgan fingerprint density at radius 2 is 0.867 bits per heavy atom. The first kappa shape index (κ1) is 105. The van der Waals surface area contributed by atoms with Gasteiger partial charge in [-0.3, -0.25) is 97.5 Å². The summed E-state index contributed by atoms with van der Waals surface area (Å²) in [6, 6.07) is -5.59. The number of carbonyl (C=O) groups excluding carboxylic acids is 13. The van der Waals surface area contributed by atoms with Gasteiger partial charge in [0.05, 0.1) is 40.7 Å². The van der Waals surface area contributed by atoms with Crippen LogP contribution in [0.15, 0.2) is 57.4 Å². The van der Waals surface area contributed by atoms with Crippen LogP contribution in [0, 0.1) is 43.9 Å². The fourth-order valence-electron chi connectivity index (χ4n) is 10.8. The summed E-state index contributed by atoms with van der Waals surface area (Å²) in [7, 11) is 0. The molecule has 13 amide bonds. The molecule has 120 heavy (non-hydrogen) atoms. The first-order chi connectivity index (χ1) is 55.9. The number of para-hydroxylation sites is 1. The van der Waals surface area contributed by atoms with Gasteiger partial charge in [-0.15, -0.1) is 0 Å². The van der Waals surface area contributed by atoms with E-state index in [0.717, 1.165) is 25.1 Å². The molecule has 0 aromatic heterocycles. The number of halogens is 3. The van der Waals surface area contributed by atoms with Crippen LogP contribution in [0.1, 0.15) is 144 Å². The number of primary amides is 1. The summed E-state index contributed by atoms with van der Waals surface area (Å²) in [5.74, 6) is -17.9. The molecule has 0 saturated heterocycles. The zero-order chi connectivity index (χ0) is 91.6. The summed E-state index contributed by atoms with van der Waals surface area (Å²) in [6.07, 6.45) is -6.75. The van der Waals surface area contributed by atoms with Crippen molar-refractivity contribution >= 4 is 123 Å². The maximum atomic E-state index is 14.8. The van der Waals surface area contributed by atoms with Gasteiger partial charge in [0.15, 0.2) is 17.9 Å². The van der Waals surface area contributed by atoms with Gasteiger partial charge in [-0.25, -0.2) is 4.79 Å². The third-order valence-corrected chi connectivity index (χ3v) is 17.7. The Labute approximate surface area is 688 Å². The van der Waals surface area contributed by atoms with Gasteiger partial charge in [-0.1, -0.05) is 73.9 Å². The minimum atomic E-state index is -5.08. The number of carboxylic acid groups (broad SMARTS) is 1. The number of guanidine groups is 3. The summed E-state index contributed by atoms with van der Waals surface area (Å²) in [5.41, 5.74) is 43.6. The number of aliphatic hydroxyl groups excluding tert-OH is 1. The van der Waals surface area contributed by atoms with Gasteiger partial charge >= 0.3 is 12.1 Å². The molecule has 0 heterocycles. The molecule has 2 rings (SSSR count). The van der Waals surface area contributed by atoms with Crippen molar-refractivity contribution in [2.75, 3.05) is 50.3 Å². The number of hydrogen-bond donors (Lipinski definition) is 23. The number of nitrogens with two attached hydrogens (primary N) is 8. The van der Waals surface area contributed by atoms with E-state index < -0.39 is 213 Å². The number of nitro benzene ring substituents is 2. The number of nitrogens with zero attached hydrogens (tertiary/aromatic N) is 5. The van der Waals surface area contributed by atoms with Crippen molar-refractivity contribution in [1.82, 2.24) is 63.8 Å². The number of carboxylic acids is 1. The second-order valence-corrected chi connectivity index (χ2v) is 28.6. The van der Waals surface area contributed by atoms with Crippen LogP contribution in [0.2, 0.25) is 0 Å². The van der Waals surface area contributed by atoms with Crippen LogP contribution < -0.4 is 115 Å². The fourth-order valence-corrected chi connectivity index (χ4v) is 10.8. The number of nitro groups is 2. The molecule has 12 atom stereocenters. The van der Waals surface area contributed by atoms with Crippen LogP contribution in [0.3, 0.4) is 0 Å². The number of non-ortho nitro benzene ring substituents is 1. The van der Waals surface area contributed by atoms with E-state index in [1.54, 1.807) is 53.7 Å². The molecule has 0 aliphatic heterocycles. The smallest absolute Gasteiger partial charge is 0.475 e. The fraction of sp³-hybridized carbons (Fsp3) is 0.592. The van der Waals surface area contributed by atoms with Crippen molar-refractivity contribution < 1.29 is 100 Å². The van der Waals surface area contributed by atoms with Gasteiger partial charge in [0.1, 0.15) is 66.1 Å². The van der Waals surface area contributed by atoms with E-state index in [-0.39, 0.29) is 119 Å². The van der Waals surface area contributed by atoms with E-state index in [9.17, 15) is 101 Å². The normalized spacial score (nSPS) is 14.0. The standard InChI is InChI=1S/C69H114N26O18.C2HF3O2/c1-11-37(8)54(92-64(107)53(36(6)7)90-63(106)51(34(2)3)89-50(98)33-82-49(97)32-83-58(101)41-19-12-13-20-42(41)70)65(108)84-38(9)57(100)93-55(39(10)96)66(109)91-52(35(4)5)62(105)88-45(21-14-15-27-78-43-26-25-40(94(110)111)31-48(43)95(112)113)60(103)87-47(24-18-30-81-69(76)77)61(104)86-46(23-17-29-80-68(74)75)59(102)85-44(56(71)99)22-16-28-79-67(72)73;3-2(4,5)1(6)7/h12-13,19-20,25-26,31,34-39,44-47,51-55,78,96H,11,14-18,21-24,27-30,32-33,70H2,1-10H3,(H2,71,99)(H,82,97)(H,83,101)(H,84,108)(H,85,102)(H,86,104)(H,87,103)(H,88,105)(H,89,98)(H,90,106)(H,91,109)(H,92,107)(H,93,100)(H4,72,73,79)(H4,74,75,80)(H4,76,77,81);(H,6,7)/t37-,38-,39+,44+,45-,46+,47+,51-,52-,53-,54-,55-;/m0./s1. The average Bonchev–Trinajstić information content (AvgIpc) is 0.656. The second kappa shape index (κ2) is 52.6. The van der Waals surface area contributed by atoms with Gasteiger partial charge < -0.3 is 125 Å². The van der Waals surface area contributed by atoms with E-state index in [4.69, 9.17) is 55.8 Å². The van der Waals surface area contributed by atoms with Crippen LogP contribution in [0.25, 0.3) is 0 Å². The van der Waals surface area contributed by atoms with Gasteiger partial charge in [0.25, 0.3) is 17.3 Å². The Morgan fingerprint density at radius 3 is 1.28 bits per heavy atom. The number of nitrogens with one attached hydrogen (secondary N) is 13. The van der Waals surface area contributed by atoms with E-state index in [1.807, 2.05) is 0 Å². The lowest BCUT2D eigenvalue weighted by molar-refractivity contribution is -0.393. The predicted octanol–water partition coefficient (Wildman–Crippen LogP) is -4.24. The van der Waals surface area contributed by atoms with E-state index in [0.29, 0.717) is 6.42 Å². The Bertz CT molecular complexity index is 3950. The van der Waals surface area contributed by atoms with Crippen LogP contribution in [0.5, 0.6) is 0 Å². The minimum Gasteiger partial charge on any atom is -0.475 e. The topological polar surface area (TPSA) is 767 Å². The molecule has 0 aliphatic carbocycles. The monoisotopic (exact) mass is 1710 g/mol. The zero-order valence-electron chi connectivity index (χ0n) is 68.2. The quantitative estimate of drug-likeness (QED) is 0.00745. The number of benzene rings is 2. The summed E-state index contributed by atoms with van der Waals surface area (Å²) >= 11 is 0. The number of alkyl halides is 3. The van der Waals surface area contributed by atoms with Crippen LogP contribution >= 0.6 is 0 Å². The number of anilines is 2. The van der Waals surface area contributed by atoms with Crippen LogP contribution in [-0.4, -0.2) is 233 Å². The lowest BCUT2D eigenvalue weighted by Gasteiger charge is -2.31. The van der Waals surface area contributed by atoms with Crippen molar-refractivity contribution in [3.05, 3.63) is 68.3 Å². The molecule has 0 radical (unpaired) electrons. The van der Waals surface area contributed by atoms with Crippen molar-refractivity contribution in [2.24, 2.45) is 78.8 Å². The molecular weight excluding hydrogens is 1590 g/mol. The highest BCUT2D eigenvalue weighted by Gasteiger charge is 2.40. The lowest BCUT2D eigenvalue weighted by atomic mass is 9.95. The lowest BCUT2D eigenvalue weighted by Crippen LogP contribution is -2.63. The molecule has 0 spiro atoms. The Hall–Kier alpha value is -13.0. The van der Waals surface area contributed by atoms with E-state index in [2.05, 4.69) is 84.1 Å². The molecule has 0 aliphatic rings. The van der Waals surface area contributed by atoms with Crippen LogP contribution in [-0.2, 0) is 62.3 Å². The maximum Gasteiger partial charge on any atom is 0.490 e. The second-order valence-electron chi connectivity index (χ2n) is 28.6.